The van der Waals surface area contributed by atoms with Crippen LogP contribution in [0.1, 0.15) is 0 Å². The van der Waals surface area contributed by atoms with E-state index in [4.69, 9.17) is 11.5 Å². The first-order valence-corrected chi connectivity index (χ1v) is 25.5. The number of nitro groups is 1. The van der Waals surface area contributed by atoms with Crippen molar-refractivity contribution in [3.8, 4) is 5.75 Å². The predicted molar refractivity (Wildman–Crippen MR) is 258 cm³/mol. The fourth-order valence-electron chi connectivity index (χ4n) is 7.08. The van der Waals surface area contributed by atoms with Gasteiger partial charge in [0.2, 0.25) is 0 Å². The van der Waals surface area contributed by atoms with E-state index in [1.807, 2.05) is 0 Å². The molecule has 0 saturated heterocycles. The monoisotopic (exact) mass is 1060 g/mol. The average Bonchev–Trinajstić information content (AvgIpc) is 3.30. The zero-order valence-electron chi connectivity index (χ0n) is 35.7. The number of phenolic OH excluding ortho intramolecular Hbond substituents is 1. The van der Waals surface area contributed by atoms with Crippen molar-refractivity contribution in [3.05, 3.63) is 131 Å². The van der Waals surface area contributed by atoms with Crippen LogP contribution in [0, 0.1) is 10.1 Å². The quantitative estimate of drug-likeness (QED) is 0.0185. The number of rotatable bonds is 13. The van der Waals surface area contributed by atoms with Crippen molar-refractivity contribution in [2.24, 2.45) is 40.9 Å². The zero-order valence-corrected chi connectivity index (χ0v) is 38.9. The van der Waals surface area contributed by atoms with Crippen LogP contribution in [0.2, 0.25) is 0 Å². The third-order valence-electron chi connectivity index (χ3n) is 10.4. The van der Waals surface area contributed by atoms with E-state index < -0.39 is 82.1 Å². The van der Waals surface area contributed by atoms with Gasteiger partial charge in [-0.15, -0.1) is 40.9 Å². The van der Waals surface area contributed by atoms with Crippen molar-refractivity contribution in [2.45, 2.75) is 19.6 Å². The van der Waals surface area contributed by atoms with Gasteiger partial charge in [-0.3, -0.25) is 28.3 Å². The Morgan fingerprint density at radius 2 is 0.819 bits per heavy atom. The summed E-state index contributed by atoms with van der Waals surface area (Å²) in [5.74, 6) is -0.741. The molecule has 26 nitrogen and oxygen atoms in total. The molecule has 0 aliphatic carbocycles. The highest BCUT2D eigenvalue weighted by Gasteiger charge is 2.23. The number of nitro benzene ring substituents is 1. The highest BCUT2D eigenvalue weighted by atomic mass is 32.2. The number of nitrogens with zero attached hydrogens (tertiary/aromatic N) is 9. The molecule has 0 aliphatic heterocycles. The van der Waals surface area contributed by atoms with Gasteiger partial charge >= 0.3 is 0 Å². The van der Waals surface area contributed by atoms with Gasteiger partial charge in [-0.05, 0) is 78.9 Å². The molecule has 30 heteroatoms. The predicted octanol–water partition coefficient (Wildman–Crippen LogP) is 10.6. The van der Waals surface area contributed by atoms with Crippen molar-refractivity contribution in [2.75, 3.05) is 11.5 Å². The second kappa shape index (κ2) is 18.6. The summed E-state index contributed by atoms with van der Waals surface area (Å²) < 4.78 is 136. The third kappa shape index (κ3) is 10.2. The Bertz CT molecular complexity index is 4250. The van der Waals surface area contributed by atoms with E-state index in [-0.39, 0.29) is 72.7 Å². The van der Waals surface area contributed by atoms with Gasteiger partial charge in [0.05, 0.1) is 54.2 Å². The maximum Gasteiger partial charge on any atom is 0.296 e. The van der Waals surface area contributed by atoms with Crippen LogP contribution in [-0.2, 0) is 40.5 Å². The first-order valence-electron chi connectivity index (χ1n) is 19.7. The number of azo groups is 4. The molecular formula is C42H29N11O15S4. The van der Waals surface area contributed by atoms with E-state index in [2.05, 4.69) is 40.9 Å². The molecule has 0 heterocycles. The average molecular weight is 1060 g/mol. The second-order valence-electron chi connectivity index (χ2n) is 15.0. The number of phenols is 1. The Hall–Kier alpha value is -8.62. The molecule has 0 bridgehead atoms. The van der Waals surface area contributed by atoms with Crippen molar-refractivity contribution < 1.29 is 61.9 Å². The van der Waals surface area contributed by atoms with Gasteiger partial charge in [0.25, 0.3) is 46.2 Å². The summed E-state index contributed by atoms with van der Waals surface area (Å²) in [6.07, 6.45) is 0. The molecule has 0 aromatic heterocycles. The molecule has 8 aromatic carbocycles. The van der Waals surface area contributed by atoms with Crippen molar-refractivity contribution in [1.29, 1.82) is 0 Å². The van der Waals surface area contributed by atoms with Crippen LogP contribution < -0.4 is 11.5 Å². The highest BCUT2D eigenvalue weighted by molar-refractivity contribution is 7.86. The number of nitrogen functional groups attached to an aromatic ring is 2. The second-order valence-corrected chi connectivity index (χ2v) is 20.6. The van der Waals surface area contributed by atoms with E-state index in [0.29, 0.717) is 16.8 Å². The zero-order chi connectivity index (χ0) is 52.1. The molecule has 0 spiro atoms. The fourth-order valence-corrected chi connectivity index (χ4v) is 9.37. The SMILES string of the molecule is Nc1cc(N)c([N+](=O)[O-])cc1N=Nc1ccc(S(=O)(=O)O)c2ccc(N=Nc3ccc(N=Nc4ccc(N=Nc5cc(S(=O)(=O)O)ccc5S(=O)(=O)O)c5ccccc45)c4ccc(S(=O)(=O)O)cc34)c(O)c12. The van der Waals surface area contributed by atoms with Crippen molar-refractivity contribution in [1.82, 2.24) is 0 Å². The number of benzene rings is 8. The molecule has 72 heavy (non-hydrogen) atoms. The first kappa shape index (κ1) is 49.8. The third-order valence-corrected chi connectivity index (χ3v) is 13.9. The summed E-state index contributed by atoms with van der Waals surface area (Å²) in [7, 11) is -19.5. The minimum atomic E-state index is -4.93. The number of anilines is 2. The van der Waals surface area contributed by atoms with Crippen LogP contribution in [0.4, 0.5) is 62.6 Å². The van der Waals surface area contributed by atoms with Crippen molar-refractivity contribution in [3.63, 3.8) is 0 Å². The minimum Gasteiger partial charge on any atom is -0.505 e. The topological polar surface area (TPSA) is 432 Å². The summed E-state index contributed by atoms with van der Waals surface area (Å²) in [5, 5.41) is 56.6. The lowest BCUT2D eigenvalue weighted by Crippen LogP contribution is -2.02. The maximum absolute atomic E-state index is 12.4. The molecule has 0 saturated carbocycles. The highest BCUT2D eigenvalue weighted by Crippen LogP contribution is 2.45. The van der Waals surface area contributed by atoms with Crippen LogP contribution in [0.25, 0.3) is 32.3 Å². The standard InChI is InChI=1S/C42H29N11O15S4/c43-28-19-29(44)38(53(55)56)20-36(28)51-49-34-14-16-39(71(63,64)65)26-8-9-35(42(54)41(26)34)50-48-33-13-12-32(25-7-5-21(17-27(25)33)69(57,58)59)46-45-30-10-11-31(24-4-2-1-3-23(24)30)47-52-37-18-22(70(60,61)62)6-15-40(37)72(66,67)68/h1-20,54H,43-44H2,(H,57,58,59)(H,60,61,62)(H,63,64,65)(H,66,67,68). The van der Waals surface area contributed by atoms with Gasteiger partial charge in [-0.2, -0.15) is 33.7 Å². The molecule has 0 amide bonds. The van der Waals surface area contributed by atoms with E-state index in [9.17, 15) is 67.1 Å². The van der Waals surface area contributed by atoms with Crippen LogP contribution >= 0.6 is 0 Å². The number of fused-ring (bicyclic) bond motifs is 3. The summed E-state index contributed by atoms with van der Waals surface area (Å²) >= 11 is 0. The van der Waals surface area contributed by atoms with E-state index in [1.54, 1.807) is 24.3 Å². The Balaban J connectivity index is 1.19. The normalized spacial score (nSPS) is 12.9. The fraction of sp³-hybridized carbons (Fsp3) is 0. The molecule has 0 radical (unpaired) electrons. The maximum atomic E-state index is 12.4. The Labute approximate surface area is 404 Å². The molecule has 9 N–H and O–H groups in total. The molecule has 8 aromatic rings. The van der Waals surface area contributed by atoms with Gasteiger partial charge in [0.15, 0.2) is 5.75 Å². The van der Waals surface area contributed by atoms with Gasteiger partial charge in [0, 0.05) is 33.0 Å². The lowest BCUT2D eigenvalue weighted by Gasteiger charge is -2.10. The summed E-state index contributed by atoms with van der Waals surface area (Å²) in [4.78, 5) is 7.98. The molecule has 0 unspecified atom stereocenters. The van der Waals surface area contributed by atoms with Crippen LogP contribution in [0.15, 0.2) is 182 Å². The van der Waals surface area contributed by atoms with Crippen LogP contribution in [-0.4, -0.2) is 61.9 Å². The number of hydrogen-bond donors (Lipinski definition) is 7. The van der Waals surface area contributed by atoms with E-state index in [0.717, 1.165) is 60.7 Å². The first-order chi connectivity index (χ1) is 33.8. The minimum absolute atomic E-state index is 0.0341. The molecule has 0 fully saturated rings. The summed E-state index contributed by atoms with van der Waals surface area (Å²) in [6, 6.07) is 24.2. The molecular weight excluding hydrogens is 1030 g/mol. The van der Waals surface area contributed by atoms with Crippen LogP contribution in [0.3, 0.4) is 0 Å². The Morgan fingerprint density at radius 3 is 1.36 bits per heavy atom. The van der Waals surface area contributed by atoms with Gasteiger partial charge in [0.1, 0.15) is 32.5 Å². The Morgan fingerprint density at radius 1 is 0.403 bits per heavy atom. The van der Waals surface area contributed by atoms with Crippen LogP contribution in [0.5, 0.6) is 5.75 Å². The molecule has 366 valence electrons. The Kier molecular flexibility index (Phi) is 12.9. The molecule has 8 rings (SSSR count). The smallest absolute Gasteiger partial charge is 0.296 e. The summed E-state index contributed by atoms with van der Waals surface area (Å²) in [5.41, 5.74) is 9.79. The summed E-state index contributed by atoms with van der Waals surface area (Å²) in [6.45, 7) is 0. The number of aromatic hydroxyl groups is 1. The van der Waals surface area contributed by atoms with Gasteiger partial charge < -0.3 is 16.6 Å². The van der Waals surface area contributed by atoms with Gasteiger partial charge in [-0.25, -0.2) is 0 Å². The number of hydrogen-bond acceptors (Lipinski definition) is 21. The lowest BCUT2D eigenvalue weighted by molar-refractivity contribution is -0.383. The van der Waals surface area contributed by atoms with E-state index >= 15 is 0 Å². The molecule has 0 aliphatic rings. The lowest BCUT2D eigenvalue weighted by atomic mass is 10.1. The molecule has 0 atom stereocenters. The largest absolute Gasteiger partial charge is 0.505 e. The van der Waals surface area contributed by atoms with Crippen molar-refractivity contribution >= 4 is 135 Å². The number of nitrogens with two attached hydrogens (primary N) is 2. The van der Waals surface area contributed by atoms with Gasteiger partial charge in [-0.1, -0.05) is 36.4 Å². The van der Waals surface area contributed by atoms with E-state index in [1.165, 1.54) is 30.3 Å².